The van der Waals surface area contributed by atoms with Gasteiger partial charge in [0.1, 0.15) is 17.5 Å². The van der Waals surface area contributed by atoms with Crippen molar-refractivity contribution in [3.05, 3.63) is 59.4 Å². The fraction of sp³-hybridized carbons (Fsp3) is 0.348. The Labute approximate surface area is 172 Å². The second-order valence-electron chi connectivity index (χ2n) is 7.74. The first-order chi connectivity index (χ1) is 14.4. The van der Waals surface area contributed by atoms with Gasteiger partial charge in [-0.05, 0) is 67.1 Å². The lowest BCUT2D eigenvalue weighted by Crippen LogP contribution is -2.42. The molecule has 2 aromatic carbocycles. The van der Waals surface area contributed by atoms with E-state index in [1.54, 1.807) is 17.0 Å². The number of fused-ring (bicyclic) bond motifs is 1. The third-order valence-corrected chi connectivity index (χ3v) is 5.96. The Morgan fingerprint density at radius 1 is 1.13 bits per heavy atom. The highest BCUT2D eigenvalue weighted by Gasteiger charge is 2.39. The number of carbonyl (C=O) groups excluding carboxylic acids is 1. The Morgan fingerprint density at radius 3 is 2.47 bits per heavy atom. The molecule has 0 spiro atoms. The molecule has 1 aliphatic carbocycles. The van der Waals surface area contributed by atoms with Gasteiger partial charge in [-0.25, -0.2) is 13.2 Å². The summed E-state index contributed by atoms with van der Waals surface area (Å²) in [5, 5.41) is 9.60. The van der Waals surface area contributed by atoms with E-state index < -0.39 is 11.6 Å². The molecule has 1 aliphatic rings. The number of nitrogens with one attached hydrogen (secondary N) is 1. The molecule has 30 heavy (non-hydrogen) atoms. The molecule has 7 heteroatoms. The fourth-order valence-electron chi connectivity index (χ4n) is 4.37. The molecule has 4 rings (SSSR count). The number of hydrogen-bond donors (Lipinski definition) is 2. The molecule has 2 N–H and O–H groups in total. The first kappa shape index (κ1) is 20.5. The number of hydrogen-bond acceptors (Lipinski definition) is 2. The Bertz CT molecular complexity index is 1070. The molecule has 0 bridgehead atoms. The van der Waals surface area contributed by atoms with Gasteiger partial charge in [-0.3, -0.25) is 4.79 Å². The molecule has 0 atom stereocenters. The molecule has 1 amide bonds. The van der Waals surface area contributed by atoms with Crippen LogP contribution in [0.3, 0.4) is 0 Å². The van der Waals surface area contributed by atoms with Gasteiger partial charge in [0.25, 0.3) is 0 Å². The minimum atomic E-state index is -0.688. The Balaban J connectivity index is 1.71. The summed E-state index contributed by atoms with van der Waals surface area (Å²) < 4.78 is 41.8. The minimum Gasteiger partial charge on any atom is -0.395 e. The maximum Gasteiger partial charge on any atom is 0.225 e. The van der Waals surface area contributed by atoms with Crippen LogP contribution in [0.4, 0.5) is 13.2 Å². The van der Waals surface area contributed by atoms with Crippen LogP contribution in [0, 0.1) is 23.4 Å². The van der Waals surface area contributed by atoms with Crippen molar-refractivity contribution in [2.75, 3.05) is 19.7 Å². The largest absolute Gasteiger partial charge is 0.395 e. The first-order valence-electron chi connectivity index (χ1n) is 10.1. The average molecular weight is 416 g/mol. The van der Waals surface area contributed by atoms with Crippen LogP contribution in [0.2, 0.25) is 0 Å². The van der Waals surface area contributed by atoms with Crippen LogP contribution in [-0.2, 0) is 4.79 Å². The molecule has 1 fully saturated rings. The zero-order valence-electron chi connectivity index (χ0n) is 16.6. The predicted octanol–water partition coefficient (Wildman–Crippen LogP) is 4.59. The molecule has 158 valence electrons. The number of H-pyrrole nitrogens is 1. The zero-order valence-corrected chi connectivity index (χ0v) is 16.6. The van der Waals surface area contributed by atoms with E-state index in [0.29, 0.717) is 42.6 Å². The van der Waals surface area contributed by atoms with E-state index >= 15 is 0 Å². The monoisotopic (exact) mass is 416 g/mol. The number of carbonyl (C=O) groups is 1. The van der Waals surface area contributed by atoms with Gasteiger partial charge in [0.2, 0.25) is 5.91 Å². The molecule has 0 saturated heterocycles. The highest BCUT2D eigenvalue weighted by atomic mass is 19.1. The number of nitrogens with zero attached hydrogens (tertiary/aromatic N) is 1. The topological polar surface area (TPSA) is 56.3 Å². The molecule has 3 aromatic rings. The van der Waals surface area contributed by atoms with Crippen LogP contribution in [-0.4, -0.2) is 40.6 Å². The molecule has 1 saturated carbocycles. The quantitative estimate of drug-likeness (QED) is 0.618. The maximum absolute atomic E-state index is 14.4. The van der Waals surface area contributed by atoms with Gasteiger partial charge < -0.3 is 15.0 Å². The summed E-state index contributed by atoms with van der Waals surface area (Å²) in [4.78, 5) is 17.3. The Morgan fingerprint density at radius 2 is 1.83 bits per heavy atom. The lowest BCUT2D eigenvalue weighted by Gasteiger charge is -2.38. The highest BCUT2D eigenvalue weighted by Crippen LogP contribution is 2.48. The maximum atomic E-state index is 14.4. The predicted molar refractivity (Wildman–Crippen MR) is 108 cm³/mol. The number of aromatic amines is 1. The number of benzene rings is 2. The highest BCUT2D eigenvalue weighted by molar-refractivity contribution is 5.92. The van der Waals surface area contributed by atoms with Crippen molar-refractivity contribution in [3.8, 4) is 11.3 Å². The van der Waals surface area contributed by atoms with Crippen molar-refractivity contribution >= 4 is 16.8 Å². The van der Waals surface area contributed by atoms with Crippen LogP contribution < -0.4 is 0 Å². The van der Waals surface area contributed by atoms with Crippen LogP contribution in [0.15, 0.2) is 36.4 Å². The van der Waals surface area contributed by atoms with E-state index in [-0.39, 0.29) is 35.7 Å². The molecule has 0 aliphatic heterocycles. The summed E-state index contributed by atoms with van der Waals surface area (Å²) in [6.07, 6.45) is 1.11. The van der Waals surface area contributed by atoms with Crippen molar-refractivity contribution in [2.45, 2.75) is 25.7 Å². The molecular formula is C23H23F3N2O2. The van der Waals surface area contributed by atoms with Crippen LogP contribution >= 0.6 is 0 Å². The number of aromatic nitrogens is 1. The minimum absolute atomic E-state index is 0.0108. The van der Waals surface area contributed by atoms with E-state index in [2.05, 4.69) is 4.98 Å². The van der Waals surface area contributed by atoms with Gasteiger partial charge in [0, 0.05) is 30.5 Å². The second kappa shape index (κ2) is 8.14. The molecule has 4 nitrogen and oxygen atoms in total. The number of halogens is 3. The van der Waals surface area contributed by atoms with Gasteiger partial charge in [0.15, 0.2) is 0 Å². The smallest absolute Gasteiger partial charge is 0.225 e. The van der Waals surface area contributed by atoms with Crippen LogP contribution in [0.5, 0.6) is 0 Å². The molecule has 1 aromatic heterocycles. The van der Waals surface area contributed by atoms with Crippen molar-refractivity contribution in [1.29, 1.82) is 0 Å². The lowest BCUT2D eigenvalue weighted by atomic mass is 9.69. The summed E-state index contributed by atoms with van der Waals surface area (Å²) >= 11 is 0. The Hall–Kier alpha value is -2.80. The van der Waals surface area contributed by atoms with Gasteiger partial charge in [-0.2, -0.15) is 0 Å². The standard InChI is InChI=1S/C23H23F3N2O2/c1-2-28(7-8-29)23(30)15-9-14(10-15)20-18-11-17(25)12-19(26)22(18)27-21(20)13-3-5-16(24)6-4-13/h3-6,11-12,14-15,27,29H,2,7-10H2,1H3. The van der Waals surface area contributed by atoms with Gasteiger partial charge >= 0.3 is 0 Å². The summed E-state index contributed by atoms with van der Waals surface area (Å²) in [7, 11) is 0. The first-order valence-corrected chi connectivity index (χ1v) is 10.1. The van der Waals surface area contributed by atoms with E-state index in [1.807, 2.05) is 6.92 Å². The van der Waals surface area contributed by atoms with E-state index in [0.717, 1.165) is 11.6 Å². The lowest BCUT2D eigenvalue weighted by molar-refractivity contribution is -0.139. The normalized spacial score (nSPS) is 18.4. The zero-order chi connectivity index (χ0) is 21.4. The van der Waals surface area contributed by atoms with Crippen LogP contribution in [0.25, 0.3) is 22.2 Å². The van der Waals surface area contributed by atoms with E-state index in [4.69, 9.17) is 5.11 Å². The van der Waals surface area contributed by atoms with Gasteiger partial charge in [-0.15, -0.1) is 0 Å². The number of amides is 1. The fourth-order valence-corrected chi connectivity index (χ4v) is 4.37. The van der Waals surface area contributed by atoms with Crippen molar-refractivity contribution < 1.29 is 23.1 Å². The molecule has 0 radical (unpaired) electrons. The number of aliphatic hydroxyl groups is 1. The third kappa shape index (κ3) is 3.58. The molecular weight excluding hydrogens is 393 g/mol. The van der Waals surface area contributed by atoms with Crippen molar-refractivity contribution in [2.24, 2.45) is 5.92 Å². The summed E-state index contributed by atoms with van der Waals surface area (Å²) in [6, 6.07) is 7.97. The van der Waals surface area contributed by atoms with E-state index in [9.17, 15) is 18.0 Å². The summed E-state index contributed by atoms with van der Waals surface area (Å²) in [5.74, 6) is -1.99. The van der Waals surface area contributed by atoms with Crippen molar-refractivity contribution in [3.63, 3.8) is 0 Å². The van der Waals surface area contributed by atoms with Crippen LogP contribution in [0.1, 0.15) is 31.2 Å². The number of likely N-dealkylation sites (N-methyl/N-ethyl adjacent to an activating group) is 1. The van der Waals surface area contributed by atoms with Gasteiger partial charge in [-0.1, -0.05) is 0 Å². The number of aliphatic hydroxyl groups excluding tert-OH is 1. The SMILES string of the molecule is CCN(CCO)C(=O)C1CC(c2c(-c3ccc(F)cc3)[nH]c3c(F)cc(F)cc23)C1. The average Bonchev–Trinajstić information content (AvgIpc) is 3.05. The Kier molecular flexibility index (Phi) is 5.56. The molecule has 0 unspecified atom stereocenters. The van der Waals surface area contributed by atoms with E-state index in [1.165, 1.54) is 18.2 Å². The molecule has 1 heterocycles. The van der Waals surface area contributed by atoms with Gasteiger partial charge in [0.05, 0.1) is 17.8 Å². The third-order valence-electron chi connectivity index (χ3n) is 5.96. The summed E-state index contributed by atoms with van der Waals surface area (Å²) in [6.45, 7) is 2.58. The number of rotatable bonds is 6. The second-order valence-corrected chi connectivity index (χ2v) is 7.74. The van der Waals surface area contributed by atoms with Crippen molar-refractivity contribution in [1.82, 2.24) is 9.88 Å². The summed E-state index contributed by atoms with van der Waals surface area (Å²) in [5.41, 5.74) is 2.25.